The summed E-state index contributed by atoms with van der Waals surface area (Å²) in [7, 11) is 0. The topological polar surface area (TPSA) is 78.4 Å². The molecule has 1 fully saturated rings. The molecule has 0 heterocycles. The van der Waals surface area contributed by atoms with E-state index in [2.05, 4.69) is 10.6 Å². The zero-order valence-electron chi connectivity index (χ0n) is 14.2. The summed E-state index contributed by atoms with van der Waals surface area (Å²) in [6.07, 6.45) is 1.83. The van der Waals surface area contributed by atoms with Gasteiger partial charge in [-0.3, -0.25) is 9.59 Å². The van der Waals surface area contributed by atoms with Gasteiger partial charge < -0.3 is 15.7 Å². The van der Waals surface area contributed by atoms with Crippen LogP contribution in [0.3, 0.4) is 0 Å². The molecular weight excluding hydrogens is 316 g/mol. The van der Waals surface area contributed by atoms with Gasteiger partial charge in [-0.05, 0) is 48.9 Å². The Hall–Kier alpha value is -2.66. The van der Waals surface area contributed by atoms with E-state index in [0.29, 0.717) is 5.69 Å². The highest BCUT2D eigenvalue weighted by molar-refractivity contribution is 6.39. The van der Waals surface area contributed by atoms with Crippen molar-refractivity contribution in [3.8, 4) is 0 Å². The van der Waals surface area contributed by atoms with E-state index in [1.54, 1.807) is 12.1 Å². The van der Waals surface area contributed by atoms with Gasteiger partial charge in [-0.1, -0.05) is 42.5 Å². The largest absolute Gasteiger partial charge is 0.383 e. The van der Waals surface area contributed by atoms with Gasteiger partial charge >= 0.3 is 11.8 Å². The second-order valence-electron chi connectivity index (χ2n) is 6.57. The third kappa shape index (κ3) is 4.06. The van der Waals surface area contributed by atoms with E-state index in [1.165, 1.54) is 0 Å². The van der Waals surface area contributed by atoms with Gasteiger partial charge in [0.2, 0.25) is 0 Å². The Labute approximate surface area is 147 Å². The summed E-state index contributed by atoms with van der Waals surface area (Å²) in [6, 6.07) is 16.5. The molecule has 25 heavy (non-hydrogen) atoms. The first-order valence-electron chi connectivity index (χ1n) is 8.43. The van der Waals surface area contributed by atoms with Gasteiger partial charge in [0, 0.05) is 5.69 Å². The Kier molecular flexibility index (Phi) is 4.86. The lowest BCUT2D eigenvalue weighted by Gasteiger charge is -2.29. The number of hydrogen-bond donors (Lipinski definition) is 3. The molecule has 1 aliphatic rings. The lowest BCUT2D eigenvalue weighted by atomic mass is 9.88. The van der Waals surface area contributed by atoms with Crippen LogP contribution in [0.1, 0.15) is 24.0 Å². The fraction of sp³-hybridized carbons (Fsp3) is 0.300. The lowest BCUT2D eigenvalue weighted by molar-refractivity contribution is -0.137. The van der Waals surface area contributed by atoms with Crippen LogP contribution in [0.4, 0.5) is 5.69 Å². The summed E-state index contributed by atoms with van der Waals surface area (Å²) < 4.78 is 0. The normalized spacial score (nSPS) is 15.9. The standard InChI is InChI=1S/C20H22N2O3/c1-14-6-5-9-17(12-14)22-19(24)18(23)21-13-20(25,16-10-11-16)15-7-3-2-4-8-15/h2-9,12,16,25H,10-11,13H2,1H3,(H,21,23)(H,22,24). The first-order valence-corrected chi connectivity index (χ1v) is 8.43. The zero-order valence-corrected chi connectivity index (χ0v) is 14.2. The van der Waals surface area contributed by atoms with Crippen LogP contribution >= 0.6 is 0 Å². The number of nitrogens with one attached hydrogen (secondary N) is 2. The summed E-state index contributed by atoms with van der Waals surface area (Å²) >= 11 is 0. The van der Waals surface area contributed by atoms with Crippen LogP contribution in [-0.2, 0) is 15.2 Å². The van der Waals surface area contributed by atoms with Gasteiger partial charge in [0.1, 0.15) is 5.60 Å². The van der Waals surface area contributed by atoms with E-state index in [0.717, 1.165) is 24.0 Å². The number of hydrogen-bond acceptors (Lipinski definition) is 3. The molecule has 1 unspecified atom stereocenters. The summed E-state index contributed by atoms with van der Waals surface area (Å²) in [6.45, 7) is 1.92. The molecule has 2 aromatic carbocycles. The highest BCUT2D eigenvalue weighted by Gasteiger charge is 2.45. The van der Waals surface area contributed by atoms with Gasteiger partial charge in [-0.25, -0.2) is 0 Å². The quantitative estimate of drug-likeness (QED) is 0.732. The van der Waals surface area contributed by atoms with Crippen LogP contribution in [0.25, 0.3) is 0 Å². The number of aryl methyl sites for hydroxylation is 1. The minimum absolute atomic E-state index is 0.0156. The van der Waals surface area contributed by atoms with Crippen LogP contribution in [0.15, 0.2) is 54.6 Å². The fourth-order valence-corrected chi connectivity index (χ4v) is 2.98. The van der Waals surface area contributed by atoms with Crippen molar-refractivity contribution in [1.82, 2.24) is 5.32 Å². The summed E-state index contributed by atoms with van der Waals surface area (Å²) in [5, 5.41) is 16.2. The Morgan fingerprint density at radius 1 is 1.08 bits per heavy atom. The van der Waals surface area contributed by atoms with Gasteiger partial charge in [0.15, 0.2) is 0 Å². The minimum Gasteiger partial charge on any atom is -0.383 e. The summed E-state index contributed by atoms with van der Waals surface area (Å²) in [4.78, 5) is 24.2. The van der Waals surface area contributed by atoms with E-state index in [1.807, 2.05) is 49.4 Å². The average molecular weight is 338 g/mol. The first kappa shape index (κ1) is 17.2. The molecule has 3 rings (SSSR count). The van der Waals surface area contributed by atoms with E-state index in [9.17, 15) is 14.7 Å². The van der Waals surface area contributed by atoms with Crippen LogP contribution in [-0.4, -0.2) is 23.5 Å². The number of carbonyl (C=O) groups is 2. The Bertz CT molecular complexity index is 772. The van der Waals surface area contributed by atoms with Gasteiger partial charge in [0.25, 0.3) is 0 Å². The number of rotatable bonds is 5. The third-order valence-corrected chi connectivity index (χ3v) is 4.53. The van der Waals surface area contributed by atoms with Crippen molar-refractivity contribution in [3.63, 3.8) is 0 Å². The smallest absolute Gasteiger partial charge is 0.313 e. The van der Waals surface area contributed by atoms with Gasteiger partial charge in [0.05, 0.1) is 6.54 Å². The van der Waals surface area contributed by atoms with Crippen molar-refractivity contribution in [1.29, 1.82) is 0 Å². The summed E-state index contributed by atoms with van der Waals surface area (Å²) in [5.41, 5.74) is 1.18. The Balaban J connectivity index is 1.63. The van der Waals surface area contributed by atoms with Gasteiger partial charge in [-0.15, -0.1) is 0 Å². The van der Waals surface area contributed by atoms with E-state index < -0.39 is 17.4 Å². The molecule has 130 valence electrons. The monoisotopic (exact) mass is 338 g/mol. The maximum absolute atomic E-state index is 12.1. The molecule has 5 heteroatoms. The van der Waals surface area contributed by atoms with Crippen molar-refractivity contribution < 1.29 is 14.7 Å². The molecule has 1 saturated carbocycles. The maximum Gasteiger partial charge on any atom is 0.313 e. The molecule has 0 spiro atoms. The molecule has 0 saturated heterocycles. The molecule has 0 aromatic heterocycles. The number of aliphatic hydroxyl groups is 1. The SMILES string of the molecule is Cc1cccc(NC(=O)C(=O)NCC(O)(c2ccccc2)C2CC2)c1. The molecular formula is C20H22N2O3. The van der Waals surface area contributed by atoms with Crippen molar-refractivity contribution >= 4 is 17.5 Å². The number of amides is 2. The van der Waals surface area contributed by atoms with Crippen molar-refractivity contribution in [2.75, 3.05) is 11.9 Å². The Morgan fingerprint density at radius 2 is 1.80 bits per heavy atom. The minimum atomic E-state index is -1.14. The third-order valence-electron chi connectivity index (χ3n) is 4.53. The van der Waals surface area contributed by atoms with Crippen LogP contribution in [0.2, 0.25) is 0 Å². The average Bonchev–Trinajstić information content (AvgIpc) is 3.45. The molecule has 1 atom stereocenters. The van der Waals surface area contributed by atoms with Crippen LogP contribution in [0, 0.1) is 12.8 Å². The predicted octanol–water partition coefficient (Wildman–Crippen LogP) is 2.35. The second kappa shape index (κ2) is 7.07. The highest BCUT2D eigenvalue weighted by Crippen LogP contribution is 2.45. The number of benzene rings is 2. The van der Waals surface area contributed by atoms with Gasteiger partial charge in [-0.2, -0.15) is 0 Å². The Morgan fingerprint density at radius 3 is 2.44 bits per heavy atom. The van der Waals surface area contributed by atoms with Crippen LogP contribution < -0.4 is 10.6 Å². The van der Waals surface area contributed by atoms with E-state index >= 15 is 0 Å². The molecule has 2 aromatic rings. The highest BCUT2D eigenvalue weighted by atomic mass is 16.3. The maximum atomic E-state index is 12.1. The molecule has 1 aliphatic carbocycles. The second-order valence-corrected chi connectivity index (χ2v) is 6.57. The molecule has 0 bridgehead atoms. The van der Waals surface area contributed by atoms with Crippen molar-refractivity contribution in [2.24, 2.45) is 5.92 Å². The number of anilines is 1. The van der Waals surface area contributed by atoms with E-state index in [4.69, 9.17) is 0 Å². The van der Waals surface area contributed by atoms with Crippen molar-refractivity contribution in [2.45, 2.75) is 25.4 Å². The van der Waals surface area contributed by atoms with Crippen molar-refractivity contribution in [3.05, 3.63) is 65.7 Å². The zero-order chi connectivity index (χ0) is 17.9. The molecule has 0 radical (unpaired) electrons. The summed E-state index contributed by atoms with van der Waals surface area (Å²) in [5.74, 6) is -1.39. The predicted molar refractivity (Wildman–Crippen MR) is 95.9 cm³/mol. The lowest BCUT2D eigenvalue weighted by Crippen LogP contribution is -2.45. The molecule has 5 nitrogen and oxygen atoms in total. The first-order chi connectivity index (χ1) is 12.0. The van der Waals surface area contributed by atoms with E-state index in [-0.39, 0.29) is 12.5 Å². The number of carbonyl (C=O) groups excluding carboxylic acids is 2. The molecule has 0 aliphatic heterocycles. The fourth-order valence-electron chi connectivity index (χ4n) is 2.98. The molecule has 3 N–H and O–H groups in total. The van der Waals surface area contributed by atoms with Crippen LogP contribution in [0.5, 0.6) is 0 Å². The molecule has 2 amide bonds.